The Bertz CT molecular complexity index is 320. The fourth-order valence-corrected chi connectivity index (χ4v) is 2.89. The van der Waals surface area contributed by atoms with Gasteiger partial charge in [-0.2, -0.15) is 11.8 Å². The van der Waals surface area contributed by atoms with Gasteiger partial charge in [0.25, 0.3) is 0 Å². The first-order chi connectivity index (χ1) is 8.38. The van der Waals surface area contributed by atoms with Gasteiger partial charge >= 0.3 is 0 Å². The van der Waals surface area contributed by atoms with E-state index in [9.17, 15) is 9.59 Å². The molecule has 0 bridgehead atoms. The Hall–Kier alpha value is -0.710. The summed E-state index contributed by atoms with van der Waals surface area (Å²) in [7, 11) is 0. The van der Waals surface area contributed by atoms with Gasteiger partial charge in [0, 0.05) is 6.54 Å². The summed E-state index contributed by atoms with van der Waals surface area (Å²) in [6, 6.07) is -0.716. The van der Waals surface area contributed by atoms with E-state index < -0.39 is 0 Å². The molecule has 104 valence electrons. The van der Waals surface area contributed by atoms with Crippen molar-refractivity contribution in [3.8, 4) is 0 Å². The number of hydrogen-bond acceptors (Lipinski definition) is 3. The van der Waals surface area contributed by atoms with Crippen LogP contribution in [-0.4, -0.2) is 47.4 Å². The summed E-state index contributed by atoms with van der Waals surface area (Å²) >= 11 is 1.77. The molecular formula is C13H24N2O2S. The summed E-state index contributed by atoms with van der Waals surface area (Å²) in [5.74, 6) is 1.57. The number of amides is 2. The van der Waals surface area contributed by atoms with Gasteiger partial charge in [0.15, 0.2) is 0 Å². The standard InChI is InChI=1S/C13H24N2O2S/c1-8(2)11-13(17)15(6-9(3)7-18-5)10(4)12(16)14-11/h8-11H,6-7H2,1-5H3,(H,14,16). The number of piperazine rings is 1. The van der Waals surface area contributed by atoms with Crippen molar-refractivity contribution in [3.63, 3.8) is 0 Å². The summed E-state index contributed by atoms with van der Waals surface area (Å²) in [6.45, 7) is 8.51. The van der Waals surface area contributed by atoms with E-state index >= 15 is 0 Å². The second-order valence-corrected chi connectivity index (χ2v) is 6.37. The molecular weight excluding hydrogens is 248 g/mol. The topological polar surface area (TPSA) is 49.4 Å². The second kappa shape index (κ2) is 6.45. The average Bonchev–Trinajstić information content (AvgIpc) is 2.29. The number of carbonyl (C=O) groups excluding carboxylic acids is 2. The zero-order valence-electron chi connectivity index (χ0n) is 11.9. The van der Waals surface area contributed by atoms with Crippen molar-refractivity contribution in [3.05, 3.63) is 0 Å². The maximum Gasteiger partial charge on any atom is 0.246 e. The van der Waals surface area contributed by atoms with E-state index in [0.717, 1.165) is 5.75 Å². The smallest absolute Gasteiger partial charge is 0.246 e. The zero-order valence-corrected chi connectivity index (χ0v) is 12.7. The normalized spacial score (nSPS) is 26.4. The predicted molar refractivity (Wildman–Crippen MR) is 75.5 cm³/mol. The first-order valence-electron chi connectivity index (χ1n) is 6.48. The number of nitrogens with one attached hydrogen (secondary N) is 1. The van der Waals surface area contributed by atoms with Gasteiger partial charge < -0.3 is 10.2 Å². The first-order valence-corrected chi connectivity index (χ1v) is 7.87. The van der Waals surface area contributed by atoms with E-state index in [4.69, 9.17) is 0 Å². The summed E-state index contributed by atoms with van der Waals surface area (Å²) in [6.07, 6.45) is 2.06. The lowest BCUT2D eigenvalue weighted by molar-refractivity contribution is -0.150. The maximum atomic E-state index is 12.4. The molecule has 1 saturated heterocycles. The molecule has 1 fully saturated rings. The number of carbonyl (C=O) groups is 2. The molecule has 0 aliphatic carbocycles. The Kier molecular flexibility index (Phi) is 5.50. The SMILES string of the molecule is CSCC(C)CN1C(=O)C(C(C)C)NC(=O)C1C. The van der Waals surface area contributed by atoms with Crippen LogP contribution in [0.4, 0.5) is 0 Å². The molecule has 4 nitrogen and oxygen atoms in total. The van der Waals surface area contributed by atoms with E-state index in [1.807, 2.05) is 13.8 Å². The van der Waals surface area contributed by atoms with Gasteiger partial charge in [-0.15, -0.1) is 0 Å². The molecule has 0 aromatic carbocycles. The highest BCUT2D eigenvalue weighted by atomic mass is 32.2. The predicted octanol–water partition coefficient (Wildman–Crippen LogP) is 1.36. The van der Waals surface area contributed by atoms with Crippen molar-refractivity contribution in [2.75, 3.05) is 18.6 Å². The fourth-order valence-electron chi connectivity index (χ4n) is 2.22. The molecule has 1 rings (SSSR count). The summed E-state index contributed by atoms with van der Waals surface area (Å²) in [5.41, 5.74) is 0. The molecule has 1 heterocycles. The van der Waals surface area contributed by atoms with Crippen LogP contribution in [0.5, 0.6) is 0 Å². The Morgan fingerprint density at radius 3 is 2.44 bits per heavy atom. The minimum absolute atomic E-state index is 0.0374. The van der Waals surface area contributed by atoms with Crippen molar-refractivity contribution >= 4 is 23.6 Å². The fraction of sp³-hybridized carbons (Fsp3) is 0.846. The number of hydrogen-bond donors (Lipinski definition) is 1. The van der Waals surface area contributed by atoms with Gasteiger partial charge in [-0.05, 0) is 30.8 Å². The van der Waals surface area contributed by atoms with Crippen molar-refractivity contribution < 1.29 is 9.59 Å². The first kappa shape index (κ1) is 15.3. The monoisotopic (exact) mass is 272 g/mol. The second-order valence-electron chi connectivity index (χ2n) is 5.46. The third-order valence-corrected chi connectivity index (χ3v) is 4.22. The molecule has 0 saturated carbocycles. The largest absolute Gasteiger partial charge is 0.342 e. The van der Waals surface area contributed by atoms with Crippen LogP contribution in [-0.2, 0) is 9.59 Å². The maximum absolute atomic E-state index is 12.4. The molecule has 5 heteroatoms. The molecule has 0 radical (unpaired) electrons. The van der Waals surface area contributed by atoms with Crippen LogP contribution in [0.1, 0.15) is 27.7 Å². The summed E-state index contributed by atoms with van der Waals surface area (Å²) in [4.78, 5) is 26.0. The molecule has 0 aromatic rings. The van der Waals surface area contributed by atoms with Crippen LogP contribution in [0.15, 0.2) is 0 Å². The molecule has 3 unspecified atom stereocenters. The van der Waals surface area contributed by atoms with E-state index in [-0.39, 0.29) is 29.8 Å². The van der Waals surface area contributed by atoms with E-state index in [2.05, 4.69) is 18.5 Å². The molecule has 1 aliphatic heterocycles. The average molecular weight is 272 g/mol. The lowest BCUT2D eigenvalue weighted by Gasteiger charge is -2.40. The summed E-state index contributed by atoms with van der Waals surface area (Å²) in [5, 5.41) is 2.82. The Morgan fingerprint density at radius 2 is 1.94 bits per heavy atom. The highest BCUT2D eigenvalue weighted by molar-refractivity contribution is 7.98. The molecule has 1 aliphatic rings. The molecule has 0 aromatic heterocycles. The van der Waals surface area contributed by atoms with Crippen LogP contribution >= 0.6 is 11.8 Å². The summed E-state index contributed by atoms with van der Waals surface area (Å²) < 4.78 is 0. The minimum atomic E-state index is -0.366. The Morgan fingerprint density at radius 1 is 1.33 bits per heavy atom. The number of rotatable bonds is 5. The molecule has 2 amide bonds. The van der Waals surface area contributed by atoms with Crippen molar-refractivity contribution in [2.45, 2.75) is 39.8 Å². The van der Waals surface area contributed by atoms with Crippen LogP contribution in [0.25, 0.3) is 0 Å². The number of nitrogens with zero attached hydrogens (tertiary/aromatic N) is 1. The molecule has 1 N–H and O–H groups in total. The van der Waals surface area contributed by atoms with Gasteiger partial charge in [-0.25, -0.2) is 0 Å². The van der Waals surface area contributed by atoms with Crippen molar-refractivity contribution in [1.29, 1.82) is 0 Å². The Balaban J connectivity index is 2.78. The molecule has 0 spiro atoms. The van der Waals surface area contributed by atoms with E-state index in [0.29, 0.717) is 12.5 Å². The highest BCUT2D eigenvalue weighted by Crippen LogP contribution is 2.18. The third-order valence-electron chi connectivity index (χ3n) is 3.32. The lowest BCUT2D eigenvalue weighted by atomic mass is 9.97. The van der Waals surface area contributed by atoms with E-state index in [1.165, 1.54) is 0 Å². The molecule has 18 heavy (non-hydrogen) atoms. The van der Waals surface area contributed by atoms with Crippen LogP contribution in [0.3, 0.4) is 0 Å². The highest BCUT2D eigenvalue weighted by Gasteiger charge is 2.39. The number of thioether (sulfide) groups is 1. The van der Waals surface area contributed by atoms with Crippen molar-refractivity contribution in [1.82, 2.24) is 10.2 Å². The Labute approximate surface area is 114 Å². The van der Waals surface area contributed by atoms with Gasteiger partial charge in [-0.3, -0.25) is 9.59 Å². The minimum Gasteiger partial charge on any atom is -0.342 e. The van der Waals surface area contributed by atoms with Gasteiger partial charge in [0.05, 0.1) is 0 Å². The molecule has 3 atom stereocenters. The quantitative estimate of drug-likeness (QED) is 0.822. The third kappa shape index (κ3) is 3.40. The van der Waals surface area contributed by atoms with Gasteiger partial charge in [0.2, 0.25) is 11.8 Å². The zero-order chi connectivity index (χ0) is 13.9. The van der Waals surface area contributed by atoms with Crippen LogP contribution in [0.2, 0.25) is 0 Å². The van der Waals surface area contributed by atoms with Gasteiger partial charge in [0.1, 0.15) is 12.1 Å². The van der Waals surface area contributed by atoms with Crippen LogP contribution < -0.4 is 5.32 Å². The van der Waals surface area contributed by atoms with Gasteiger partial charge in [-0.1, -0.05) is 20.8 Å². The van der Waals surface area contributed by atoms with E-state index in [1.54, 1.807) is 23.6 Å². The lowest BCUT2D eigenvalue weighted by Crippen LogP contribution is -2.64. The van der Waals surface area contributed by atoms with Crippen molar-refractivity contribution in [2.24, 2.45) is 11.8 Å². The van der Waals surface area contributed by atoms with Crippen LogP contribution in [0, 0.1) is 11.8 Å².